The van der Waals surface area contributed by atoms with Crippen molar-refractivity contribution in [1.82, 2.24) is 15.1 Å². The van der Waals surface area contributed by atoms with Gasteiger partial charge in [0.2, 0.25) is 0 Å². The monoisotopic (exact) mass is 335 g/mol. The van der Waals surface area contributed by atoms with E-state index in [2.05, 4.69) is 22.2 Å². The molecule has 6 nitrogen and oxygen atoms in total. The Kier molecular flexibility index (Phi) is 7.34. The molecule has 1 aliphatic heterocycles. The van der Waals surface area contributed by atoms with Crippen LogP contribution in [0.4, 0.5) is 0 Å². The van der Waals surface area contributed by atoms with Crippen molar-refractivity contribution in [2.45, 2.75) is 19.4 Å². The number of likely N-dealkylation sites (N-methyl/N-ethyl adjacent to an activating group) is 1. The number of methoxy groups -OCH3 is 1. The van der Waals surface area contributed by atoms with Gasteiger partial charge in [0.1, 0.15) is 11.5 Å². The van der Waals surface area contributed by atoms with Crippen LogP contribution in [0.1, 0.15) is 13.3 Å². The highest BCUT2D eigenvalue weighted by Gasteiger charge is 2.15. The van der Waals surface area contributed by atoms with Gasteiger partial charge in [0.05, 0.1) is 7.11 Å². The average molecular weight is 335 g/mol. The van der Waals surface area contributed by atoms with Gasteiger partial charge in [-0.25, -0.2) is 0 Å². The molecule has 6 heteroatoms. The zero-order valence-electron chi connectivity index (χ0n) is 15.0. The van der Waals surface area contributed by atoms with Crippen LogP contribution >= 0.6 is 0 Å². The van der Waals surface area contributed by atoms with E-state index in [1.54, 1.807) is 26.2 Å². The fraction of sp³-hybridized carbons (Fsp3) is 0.611. The van der Waals surface area contributed by atoms with Crippen LogP contribution in [0.25, 0.3) is 0 Å². The second-order valence-corrected chi connectivity index (χ2v) is 6.23. The Hall–Kier alpha value is -1.79. The molecule has 0 aliphatic carbocycles. The van der Waals surface area contributed by atoms with E-state index < -0.39 is 6.10 Å². The molecule has 24 heavy (non-hydrogen) atoms. The summed E-state index contributed by atoms with van der Waals surface area (Å²) in [6, 6.07) is 7.23. The Labute approximate surface area is 144 Å². The summed E-state index contributed by atoms with van der Waals surface area (Å²) < 4.78 is 10.8. The summed E-state index contributed by atoms with van der Waals surface area (Å²) in [7, 11) is 3.77. The first-order valence-electron chi connectivity index (χ1n) is 8.58. The second-order valence-electron chi connectivity index (χ2n) is 6.23. The lowest BCUT2D eigenvalue weighted by Gasteiger charge is -2.32. The van der Waals surface area contributed by atoms with Gasteiger partial charge in [0.25, 0.3) is 5.91 Å². The Morgan fingerprint density at radius 1 is 1.17 bits per heavy atom. The van der Waals surface area contributed by atoms with Gasteiger partial charge in [-0.2, -0.15) is 0 Å². The first-order chi connectivity index (χ1) is 11.6. The van der Waals surface area contributed by atoms with Crippen molar-refractivity contribution in [2.24, 2.45) is 0 Å². The predicted octanol–water partition coefficient (Wildman–Crippen LogP) is 1.22. The molecule has 1 amide bonds. The fourth-order valence-electron chi connectivity index (χ4n) is 2.64. The number of ether oxygens (including phenoxy) is 2. The molecule has 1 aliphatic rings. The van der Waals surface area contributed by atoms with Crippen molar-refractivity contribution in [2.75, 3.05) is 53.4 Å². The predicted molar refractivity (Wildman–Crippen MR) is 94.6 cm³/mol. The summed E-state index contributed by atoms with van der Waals surface area (Å²) in [6.45, 7) is 7.95. The van der Waals surface area contributed by atoms with Crippen molar-refractivity contribution >= 4 is 5.91 Å². The lowest BCUT2D eigenvalue weighted by molar-refractivity contribution is -0.127. The Balaban J connectivity index is 1.62. The highest BCUT2D eigenvalue weighted by Crippen LogP contribution is 2.18. The smallest absolute Gasteiger partial charge is 0.260 e. The average Bonchev–Trinajstić information content (AvgIpc) is 2.60. The number of hydrogen-bond donors (Lipinski definition) is 1. The first-order valence-corrected chi connectivity index (χ1v) is 8.58. The molecule has 1 aromatic rings. The number of carbonyl (C=O) groups is 1. The number of piperazine rings is 1. The topological polar surface area (TPSA) is 54.0 Å². The van der Waals surface area contributed by atoms with Gasteiger partial charge in [-0.3, -0.25) is 4.79 Å². The van der Waals surface area contributed by atoms with Gasteiger partial charge >= 0.3 is 0 Å². The minimum atomic E-state index is -0.512. The van der Waals surface area contributed by atoms with Gasteiger partial charge in [-0.05, 0) is 51.2 Å². The molecule has 1 fully saturated rings. The van der Waals surface area contributed by atoms with E-state index in [9.17, 15) is 4.79 Å². The number of nitrogens with one attached hydrogen (secondary N) is 1. The zero-order chi connectivity index (χ0) is 17.4. The van der Waals surface area contributed by atoms with Crippen molar-refractivity contribution in [3.63, 3.8) is 0 Å². The standard InChI is InChI=1S/C18H29N3O3/c1-15(24-17-7-5-16(23-3)6-8-17)18(22)19-9-4-10-21-13-11-20(2)12-14-21/h5-8,15H,4,9-14H2,1-3H3,(H,19,22). The van der Waals surface area contributed by atoms with Crippen LogP contribution < -0.4 is 14.8 Å². The van der Waals surface area contributed by atoms with E-state index in [0.717, 1.165) is 44.9 Å². The Bertz CT molecular complexity index is 499. The van der Waals surface area contributed by atoms with E-state index in [0.29, 0.717) is 12.3 Å². The highest BCUT2D eigenvalue weighted by molar-refractivity contribution is 5.80. The molecule has 1 saturated heterocycles. The number of benzene rings is 1. The van der Waals surface area contributed by atoms with Gasteiger partial charge in [-0.1, -0.05) is 0 Å². The maximum absolute atomic E-state index is 12.1. The summed E-state index contributed by atoms with van der Waals surface area (Å²) in [4.78, 5) is 16.9. The SMILES string of the molecule is COc1ccc(OC(C)C(=O)NCCCN2CCN(C)CC2)cc1. The number of hydrogen-bond acceptors (Lipinski definition) is 5. The van der Waals surface area contributed by atoms with Gasteiger partial charge in [0.15, 0.2) is 6.10 Å². The van der Waals surface area contributed by atoms with Crippen molar-refractivity contribution < 1.29 is 14.3 Å². The third kappa shape index (κ3) is 6.02. The molecular weight excluding hydrogens is 306 g/mol. The summed E-state index contributed by atoms with van der Waals surface area (Å²) in [5.74, 6) is 1.35. The van der Waals surface area contributed by atoms with E-state index in [-0.39, 0.29) is 5.91 Å². The molecule has 0 aromatic heterocycles. The van der Waals surface area contributed by atoms with Crippen molar-refractivity contribution in [1.29, 1.82) is 0 Å². The van der Waals surface area contributed by atoms with Gasteiger partial charge < -0.3 is 24.6 Å². The number of nitrogens with zero attached hydrogens (tertiary/aromatic N) is 2. The number of amides is 1. The summed E-state index contributed by atoms with van der Waals surface area (Å²) in [5, 5.41) is 2.95. The lowest BCUT2D eigenvalue weighted by Crippen LogP contribution is -2.45. The van der Waals surface area contributed by atoms with Gasteiger partial charge in [-0.15, -0.1) is 0 Å². The van der Waals surface area contributed by atoms with E-state index >= 15 is 0 Å². The minimum Gasteiger partial charge on any atom is -0.497 e. The molecule has 0 bridgehead atoms. The van der Waals surface area contributed by atoms with Crippen LogP contribution in [0.3, 0.4) is 0 Å². The molecule has 2 rings (SSSR count). The molecule has 134 valence electrons. The Morgan fingerprint density at radius 2 is 1.79 bits per heavy atom. The van der Waals surface area contributed by atoms with Crippen LogP contribution in [-0.4, -0.2) is 75.2 Å². The molecular formula is C18H29N3O3. The molecule has 0 radical (unpaired) electrons. The molecule has 0 spiro atoms. The summed E-state index contributed by atoms with van der Waals surface area (Å²) in [5.41, 5.74) is 0. The number of carbonyl (C=O) groups excluding carboxylic acids is 1. The van der Waals surface area contributed by atoms with Crippen LogP contribution in [0.5, 0.6) is 11.5 Å². The zero-order valence-corrected chi connectivity index (χ0v) is 15.0. The summed E-state index contributed by atoms with van der Waals surface area (Å²) in [6.07, 6.45) is 0.451. The van der Waals surface area contributed by atoms with Crippen molar-refractivity contribution in [3.05, 3.63) is 24.3 Å². The third-order valence-corrected chi connectivity index (χ3v) is 4.29. The fourth-order valence-corrected chi connectivity index (χ4v) is 2.64. The lowest BCUT2D eigenvalue weighted by atomic mass is 10.3. The van der Waals surface area contributed by atoms with Gasteiger partial charge in [0, 0.05) is 32.7 Å². The third-order valence-electron chi connectivity index (χ3n) is 4.29. The molecule has 1 atom stereocenters. The van der Waals surface area contributed by atoms with Crippen LogP contribution in [0, 0.1) is 0 Å². The quantitative estimate of drug-likeness (QED) is 0.724. The van der Waals surface area contributed by atoms with Crippen LogP contribution in [0.15, 0.2) is 24.3 Å². The molecule has 1 N–H and O–H groups in total. The largest absolute Gasteiger partial charge is 0.497 e. The maximum Gasteiger partial charge on any atom is 0.260 e. The summed E-state index contributed by atoms with van der Waals surface area (Å²) >= 11 is 0. The van der Waals surface area contributed by atoms with E-state index in [4.69, 9.17) is 9.47 Å². The Morgan fingerprint density at radius 3 is 2.42 bits per heavy atom. The second kappa shape index (κ2) is 9.49. The minimum absolute atomic E-state index is 0.0794. The molecule has 1 aromatic carbocycles. The van der Waals surface area contributed by atoms with E-state index in [1.807, 2.05) is 12.1 Å². The van der Waals surface area contributed by atoms with Crippen LogP contribution in [-0.2, 0) is 4.79 Å². The van der Waals surface area contributed by atoms with Crippen molar-refractivity contribution in [3.8, 4) is 11.5 Å². The molecule has 0 saturated carbocycles. The first kappa shape index (κ1) is 18.5. The molecule has 1 heterocycles. The highest BCUT2D eigenvalue weighted by atomic mass is 16.5. The van der Waals surface area contributed by atoms with Crippen LogP contribution in [0.2, 0.25) is 0 Å². The number of rotatable bonds is 8. The van der Waals surface area contributed by atoms with E-state index in [1.165, 1.54) is 0 Å². The normalized spacial score (nSPS) is 17.3. The molecule has 1 unspecified atom stereocenters. The maximum atomic E-state index is 12.1.